The van der Waals surface area contributed by atoms with Crippen LogP contribution in [0.2, 0.25) is 0 Å². The van der Waals surface area contributed by atoms with E-state index in [-0.39, 0.29) is 17.8 Å². The van der Waals surface area contributed by atoms with Crippen LogP contribution >= 0.6 is 0 Å². The quantitative estimate of drug-likeness (QED) is 0.858. The zero-order valence-electron chi connectivity index (χ0n) is 11.8. The SMILES string of the molecule is O=C(CCc1ccco1)N1CCCC1c1ccc(F)cc1. The molecule has 1 amide bonds. The summed E-state index contributed by atoms with van der Waals surface area (Å²) in [5.74, 6) is 0.728. The number of carbonyl (C=O) groups excluding carboxylic acids is 1. The first-order valence-corrected chi connectivity index (χ1v) is 7.31. The number of halogens is 1. The number of furan rings is 1. The first-order chi connectivity index (χ1) is 10.2. The molecule has 1 aromatic heterocycles. The van der Waals surface area contributed by atoms with Crippen LogP contribution in [0.4, 0.5) is 4.39 Å². The van der Waals surface area contributed by atoms with E-state index in [1.165, 1.54) is 12.1 Å². The molecule has 21 heavy (non-hydrogen) atoms. The van der Waals surface area contributed by atoms with Gasteiger partial charge >= 0.3 is 0 Å². The van der Waals surface area contributed by atoms with Gasteiger partial charge in [-0.25, -0.2) is 4.39 Å². The fourth-order valence-corrected chi connectivity index (χ4v) is 2.93. The van der Waals surface area contributed by atoms with Gasteiger partial charge in [0.05, 0.1) is 12.3 Å². The highest BCUT2D eigenvalue weighted by Crippen LogP contribution is 2.32. The van der Waals surface area contributed by atoms with Gasteiger partial charge in [0.2, 0.25) is 5.91 Å². The van der Waals surface area contributed by atoms with Gasteiger partial charge in [0.25, 0.3) is 0 Å². The third-order valence-corrected chi connectivity index (χ3v) is 3.99. The smallest absolute Gasteiger partial charge is 0.223 e. The second-order valence-corrected chi connectivity index (χ2v) is 5.38. The summed E-state index contributed by atoms with van der Waals surface area (Å²) in [5, 5.41) is 0. The van der Waals surface area contributed by atoms with Crippen molar-refractivity contribution in [3.63, 3.8) is 0 Å². The van der Waals surface area contributed by atoms with Crippen molar-refractivity contribution in [2.24, 2.45) is 0 Å². The van der Waals surface area contributed by atoms with Gasteiger partial charge in [0.1, 0.15) is 11.6 Å². The maximum Gasteiger partial charge on any atom is 0.223 e. The van der Waals surface area contributed by atoms with E-state index >= 15 is 0 Å². The van der Waals surface area contributed by atoms with Crippen molar-refractivity contribution in [1.29, 1.82) is 0 Å². The minimum Gasteiger partial charge on any atom is -0.469 e. The van der Waals surface area contributed by atoms with E-state index < -0.39 is 0 Å². The molecule has 4 heteroatoms. The number of benzene rings is 1. The summed E-state index contributed by atoms with van der Waals surface area (Å²) >= 11 is 0. The summed E-state index contributed by atoms with van der Waals surface area (Å²) in [6.07, 6.45) is 4.63. The van der Waals surface area contributed by atoms with Gasteiger partial charge in [-0.15, -0.1) is 0 Å². The third kappa shape index (κ3) is 3.15. The molecule has 110 valence electrons. The van der Waals surface area contributed by atoms with E-state index in [4.69, 9.17) is 4.42 Å². The molecule has 0 N–H and O–H groups in total. The standard InChI is InChI=1S/C17H18FNO2/c18-14-7-5-13(6-8-14)16-4-1-11-19(16)17(20)10-9-15-3-2-12-21-15/h2-3,5-8,12,16H,1,4,9-11H2. The molecule has 2 heterocycles. The summed E-state index contributed by atoms with van der Waals surface area (Å²) in [4.78, 5) is 14.3. The van der Waals surface area contributed by atoms with Crippen LogP contribution in [0.25, 0.3) is 0 Å². The molecule has 1 aliphatic heterocycles. The lowest BCUT2D eigenvalue weighted by Gasteiger charge is -2.25. The number of hydrogen-bond donors (Lipinski definition) is 0. The molecule has 1 saturated heterocycles. The second-order valence-electron chi connectivity index (χ2n) is 5.38. The van der Waals surface area contributed by atoms with Gasteiger partial charge in [-0.2, -0.15) is 0 Å². The summed E-state index contributed by atoms with van der Waals surface area (Å²) in [6.45, 7) is 0.777. The molecular weight excluding hydrogens is 269 g/mol. The molecule has 1 fully saturated rings. The van der Waals surface area contributed by atoms with E-state index in [1.54, 1.807) is 18.4 Å². The maximum absolute atomic E-state index is 13.0. The fraction of sp³-hybridized carbons (Fsp3) is 0.353. The van der Waals surface area contributed by atoms with Gasteiger partial charge in [0, 0.05) is 19.4 Å². The van der Waals surface area contributed by atoms with Gasteiger partial charge in [-0.05, 0) is 42.7 Å². The molecular formula is C17H18FNO2. The normalized spacial score (nSPS) is 18.1. The van der Waals surface area contributed by atoms with Gasteiger partial charge in [-0.1, -0.05) is 12.1 Å². The minimum atomic E-state index is -0.243. The van der Waals surface area contributed by atoms with Gasteiger partial charge in [0.15, 0.2) is 0 Å². The summed E-state index contributed by atoms with van der Waals surface area (Å²) in [6, 6.07) is 10.3. The van der Waals surface area contributed by atoms with E-state index in [1.807, 2.05) is 17.0 Å². The molecule has 0 radical (unpaired) electrons. The molecule has 3 rings (SSSR count). The van der Waals surface area contributed by atoms with Crippen LogP contribution in [0.1, 0.15) is 36.6 Å². The lowest BCUT2D eigenvalue weighted by molar-refractivity contribution is -0.132. The predicted molar refractivity (Wildman–Crippen MR) is 77.1 cm³/mol. The topological polar surface area (TPSA) is 33.5 Å². The first-order valence-electron chi connectivity index (χ1n) is 7.31. The average Bonchev–Trinajstić information content (AvgIpc) is 3.17. The van der Waals surface area contributed by atoms with Crippen molar-refractivity contribution in [2.75, 3.05) is 6.54 Å². The van der Waals surface area contributed by atoms with Crippen LogP contribution in [0.3, 0.4) is 0 Å². The number of rotatable bonds is 4. The molecule has 1 unspecified atom stereocenters. The van der Waals surface area contributed by atoms with Crippen LogP contribution in [0, 0.1) is 5.82 Å². The van der Waals surface area contributed by atoms with Crippen molar-refractivity contribution < 1.29 is 13.6 Å². The van der Waals surface area contributed by atoms with Crippen LogP contribution in [0.15, 0.2) is 47.1 Å². The Hall–Kier alpha value is -2.10. The zero-order chi connectivity index (χ0) is 14.7. The lowest BCUT2D eigenvalue weighted by Crippen LogP contribution is -2.30. The Balaban J connectivity index is 1.65. The Morgan fingerprint density at radius 1 is 1.29 bits per heavy atom. The Bertz CT molecular complexity index is 592. The molecule has 0 saturated carbocycles. The molecule has 1 aliphatic rings. The molecule has 3 nitrogen and oxygen atoms in total. The predicted octanol–water partition coefficient (Wildman–Crippen LogP) is 3.72. The van der Waals surface area contributed by atoms with Crippen molar-refractivity contribution >= 4 is 5.91 Å². The third-order valence-electron chi connectivity index (χ3n) is 3.99. The molecule has 2 aromatic rings. The van der Waals surface area contributed by atoms with Gasteiger partial charge < -0.3 is 9.32 Å². The van der Waals surface area contributed by atoms with E-state index in [0.29, 0.717) is 12.8 Å². The monoisotopic (exact) mass is 287 g/mol. The molecule has 0 aliphatic carbocycles. The van der Waals surface area contributed by atoms with Crippen LogP contribution in [-0.4, -0.2) is 17.4 Å². The van der Waals surface area contributed by atoms with E-state index in [9.17, 15) is 9.18 Å². The average molecular weight is 287 g/mol. The summed E-state index contributed by atoms with van der Waals surface area (Å²) < 4.78 is 18.3. The van der Waals surface area contributed by atoms with Crippen molar-refractivity contribution in [3.05, 3.63) is 59.8 Å². The maximum atomic E-state index is 13.0. The lowest BCUT2D eigenvalue weighted by atomic mass is 10.0. The summed E-state index contributed by atoms with van der Waals surface area (Å²) in [5.41, 5.74) is 1.01. The number of hydrogen-bond acceptors (Lipinski definition) is 2. The molecule has 0 bridgehead atoms. The van der Waals surface area contributed by atoms with Crippen molar-refractivity contribution in [3.8, 4) is 0 Å². The molecule has 1 aromatic carbocycles. The Morgan fingerprint density at radius 2 is 2.10 bits per heavy atom. The fourth-order valence-electron chi connectivity index (χ4n) is 2.93. The number of amides is 1. The van der Waals surface area contributed by atoms with Crippen molar-refractivity contribution in [1.82, 2.24) is 4.90 Å². The van der Waals surface area contributed by atoms with Crippen molar-refractivity contribution in [2.45, 2.75) is 31.7 Å². The first kappa shape index (κ1) is 13.9. The number of nitrogens with zero attached hydrogens (tertiary/aromatic N) is 1. The van der Waals surface area contributed by atoms with Crippen LogP contribution < -0.4 is 0 Å². The minimum absolute atomic E-state index is 0.0784. The molecule has 1 atom stereocenters. The Morgan fingerprint density at radius 3 is 2.81 bits per heavy atom. The molecule has 0 spiro atoms. The van der Waals surface area contributed by atoms with Crippen LogP contribution in [0.5, 0.6) is 0 Å². The number of carbonyl (C=O) groups is 1. The Labute approximate surface area is 123 Å². The van der Waals surface area contributed by atoms with E-state index in [0.717, 1.165) is 30.7 Å². The van der Waals surface area contributed by atoms with Crippen LogP contribution in [-0.2, 0) is 11.2 Å². The number of aryl methyl sites for hydroxylation is 1. The number of likely N-dealkylation sites (tertiary alicyclic amines) is 1. The second kappa shape index (κ2) is 6.12. The van der Waals surface area contributed by atoms with E-state index in [2.05, 4.69) is 0 Å². The highest BCUT2D eigenvalue weighted by molar-refractivity contribution is 5.77. The highest BCUT2D eigenvalue weighted by Gasteiger charge is 2.29. The zero-order valence-corrected chi connectivity index (χ0v) is 11.8. The van der Waals surface area contributed by atoms with Gasteiger partial charge in [-0.3, -0.25) is 4.79 Å². The summed E-state index contributed by atoms with van der Waals surface area (Å²) in [7, 11) is 0. The highest BCUT2D eigenvalue weighted by atomic mass is 19.1. The Kier molecular flexibility index (Phi) is 4.04. The largest absolute Gasteiger partial charge is 0.469 e.